The molecule has 0 saturated heterocycles. The molecule has 0 atom stereocenters. The molecule has 0 aromatic heterocycles. The molecular weight excluding hydrogens is 407 g/mol. The Bertz CT molecular complexity index is 765. The maximum atomic E-state index is 11.4. The monoisotopic (exact) mass is 430 g/mol. The van der Waals surface area contributed by atoms with Crippen molar-refractivity contribution in [1.29, 1.82) is 0 Å². The number of rotatable bonds is 2. The summed E-state index contributed by atoms with van der Waals surface area (Å²) in [5.74, 6) is 0. The van der Waals surface area contributed by atoms with Crippen LogP contribution in [0.3, 0.4) is 0 Å². The summed E-state index contributed by atoms with van der Waals surface area (Å²) < 4.78 is 45.6. The van der Waals surface area contributed by atoms with E-state index in [0.29, 0.717) is 23.2 Å². The lowest BCUT2D eigenvalue weighted by atomic mass is 9.93. The number of hydrogen-bond acceptors (Lipinski definition) is 6. The normalized spacial score (nSPS) is 21.4. The van der Waals surface area contributed by atoms with E-state index >= 15 is 0 Å². The Kier molecular flexibility index (Phi) is 7.74. The highest BCUT2D eigenvalue weighted by atomic mass is 35.7. The molecule has 25 heavy (non-hydrogen) atoms. The van der Waals surface area contributed by atoms with Crippen LogP contribution in [0.1, 0.15) is 42.4 Å². The van der Waals surface area contributed by atoms with E-state index in [1.165, 1.54) is 13.0 Å². The van der Waals surface area contributed by atoms with Crippen molar-refractivity contribution in [3.05, 3.63) is 22.8 Å². The molecule has 0 radical (unpaired) electrons. The van der Waals surface area contributed by atoms with Gasteiger partial charge in [-0.05, 0) is 63.1 Å². The summed E-state index contributed by atoms with van der Waals surface area (Å²) in [6.45, 7) is 4.45. The molecule has 0 heterocycles. The van der Waals surface area contributed by atoms with E-state index in [4.69, 9.17) is 32.8 Å². The fourth-order valence-electron chi connectivity index (χ4n) is 3.05. The van der Waals surface area contributed by atoms with Crippen molar-refractivity contribution in [1.82, 2.24) is 0 Å². The summed E-state index contributed by atoms with van der Waals surface area (Å²) >= 11 is 0. The highest BCUT2D eigenvalue weighted by Crippen LogP contribution is 2.33. The summed E-state index contributed by atoms with van der Waals surface area (Å²) in [6, 6.07) is 2.31. The van der Waals surface area contributed by atoms with Gasteiger partial charge in [-0.3, -0.25) is 0 Å². The summed E-state index contributed by atoms with van der Waals surface area (Å²) in [4.78, 5) is -0.409. The molecule has 1 aliphatic rings. The highest BCUT2D eigenvalue weighted by Gasteiger charge is 2.25. The predicted octanol–water partition coefficient (Wildman–Crippen LogP) is 2.68. The number of aryl methyl sites for hydroxylation is 2. The average Bonchev–Trinajstić information content (AvgIpc) is 2.38. The van der Waals surface area contributed by atoms with Gasteiger partial charge in [0, 0.05) is 33.4 Å². The first-order chi connectivity index (χ1) is 11.2. The molecule has 1 saturated carbocycles. The van der Waals surface area contributed by atoms with Crippen LogP contribution < -0.4 is 11.5 Å². The van der Waals surface area contributed by atoms with E-state index in [1.807, 2.05) is 0 Å². The van der Waals surface area contributed by atoms with Crippen molar-refractivity contribution in [3.8, 4) is 0 Å². The Hall–Kier alpha value is -0.380. The highest BCUT2D eigenvalue weighted by molar-refractivity contribution is 8.14. The quantitative estimate of drug-likeness (QED) is 0.695. The van der Waals surface area contributed by atoms with E-state index in [2.05, 4.69) is 0 Å². The van der Waals surface area contributed by atoms with Gasteiger partial charge < -0.3 is 11.5 Å². The van der Waals surface area contributed by atoms with Gasteiger partial charge in [0.1, 0.15) is 0 Å². The zero-order valence-corrected chi connectivity index (χ0v) is 17.6. The second-order valence-corrected chi connectivity index (χ2v) is 11.3. The first kappa shape index (κ1) is 22.7. The van der Waals surface area contributed by atoms with Crippen LogP contribution in [0.25, 0.3) is 0 Å². The van der Waals surface area contributed by atoms with Crippen molar-refractivity contribution in [2.24, 2.45) is 11.5 Å². The second-order valence-electron chi connectivity index (χ2n) is 6.34. The Labute approximate surface area is 158 Å². The zero-order valence-electron chi connectivity index (χ0n) is 14.4. The molecule has 0 unspecified atom stereocenters. The third-order valence-electron chi connectivity index (χ3n) is 4.13. The van der Waals surface area contributed by atoms with E-state index in [-0.39, 0.29) is 15.4 Å². The fourth-order valence-corrected chi connectivity index (χ4v) is 6.36. The summed E-state index contributed by atoms with van der Waals surface area (Å²) in [5, 5.41) is 0. The first-order valence-electron chi connectivity index (χ1n) is 7.76. The molecule has 10 heteroatoms. The van der Waals surface area contributed by atoms with Crippen LogP contribution in [0.5, 0.6) is 0 Å². The third kappa shape index (κ3) is 6.37. The molecular formula is C15H24Cl2N2O4S2. The maximum absolute atomic E-state index is 11.4. The van der Waals surface area contributed by atoms with Crippen molar-refractivity contribution in [3.63, 3.8) is 0 Å². The number of halogens is 2. The third-order valence-corrected chi connectivity index (χ3v) is 7.29. The van der Waals surface area contributed by atoms with Gasteiger partial charge >= 0.3 is 0 Å². The lowest BCUT2D eigenvalue weighted by Crippen LogP contribution is -2.33. The number of benzene rings is 1. The lowest BCUT2D eigenvalue weighted by Gasteiger charge is -2.22. The van der Waals surface area contributed by atoms with Gasteiger partial charge in [-0.15, -0.1) is 0 Å². The molecule has 144 valence electrons. The van der Waals surface area contributed by atoms with Crippen LogP contribution in [0.15, 0.2) is 15.9 Å². The Morgan fingerprint density at radius 3 is 1.32 bits per heavy atom. The van der Waals surface area contributed by atoms with Crippen LogP contribution in [-0.2, 0) is 18.1 Å². The summed E-state index contributed by atoms with van der Waals surface area (Å²) in [5.41, 5.74) is 12.1. The smallest absolute Gasteiger partial charge is 0.261 e. The van der Waals surface area contributed by atoms with Crippen molar-refractivity contribution in [2.45, 2.75) is 68.3 Å². The molecule has 4 N–H and O–H groups in total. The SMILES string of the molecule is Cc1cc(C)c(S(=O)(=O)Cl)c(C)c1S(=O)(=O)Cl.NC1CCC(N)CC1. The van der Waals surface area contributed by atoms with Crippen molar-refractivity contribution < 1.29 is 16.8 Å². The summed E-state index contributed by atoms with van der Waals surface area (Å²) in [7, 11) is 2.53. The van der Waals surface area contributed by atoms with Crippen molar-refractivity contribution >= 4 is 39.5 Å². The molecule has 1 fully saturated rings. The van der Waals surface area contributed by atoms with E-state index < -0.39 is 18.1 Å². The van der Waals surface area contributed by atoms with Crippen LogP contribution in [0.2, 0.25) is 0 Å². The largest absolute Gasteiger partial charge is 0.328 e. The van der Waals surface area contributed by atoms with Gasteiger partial charge in [-0.1, -0.05) is 6.07 Å². The maximum Gasteiger partial charge on any atom is 0.261 e. The standard InChI is InChI=1S/C9H10Cl2O4S2.C6H14N2/c1-5-4-6(2)9(17(11,14)15)7(3)8(5)16(10,12)13;7-5-1-2-6(8)4-3-5/h4H,1-3H3;5-6H,1-4,7-8H2. The molecule has 1 aromatic carbocycles. The van der Waals surface area contributed by atoms with E-state index in [1.54, 1.807) is 13.8 Å². The van der Waals surface area contributed by atoms with Crippen LogP contribution in [0.4, 0.5) is 0 Å². The van der Waals surface area contributed by atoms with Crippen LogP contribution in [0, 0.1) is 20.8 Å². The van der Waals surface area contributed by atoms with Gasteiger partial charge in [0.2, 0.25) is 0 Å². The minimum absolute atomic E-state index is 0.0486. The predicted molar refractivity (Wildman–Crippen MR) is 101 cm³/mol. The fraction of sp³-hybridized carbons (Fsp3) is 0.600. The molecule has 6 nitrogen and oxygen atoms in total. The first-order valence-corrected chi connectivity index (χ1v) is 12.4. The molecule has 0 spiro atoms. The molecule has 1 aromatic rings. The summed E-state index contributed by atoms with van der Waals surface area (Å²) in [6.07, 6.45) is 4.50. The van der Waals surface area contributed by atoms with Crippen LogP contribution in [-0.4, -0.2) is 28.9 Å². The molecule has 1 aliphatic carbocycles. The lowest BCUT2D eigenvalue weighted by molar-refractivity contribution is 0.395. The van der Waals surface area contributed by atoms with Gasteiger partial charge in [0.15, 0.2) is 0 Å². The van der Waals surface area contributed by atoms with Crippen molar-refractivity contribution in [2.75, 3.05) is 0 Å². The molecule has 0 amide bonds. The second kappa shape index (κ2) is 8.54. The van der Waals surface area contributed by atoms with Gasteiger partial charge in [0.25, 0.3) is 18.1 Å². The van der Waals surface area contributed by atoms with E-state index in [9.17, 15) is 16.8 Å². The van der Waals surface area contributed by atoms with E-state index in [0.717, 1.165) is 25.7 Å². The zero-order chi connectivity index (χ0) is 19.6. The Morgan fingerprint density at radius 2 is 1.08 bits per heavy atom. The topological polar surface area (TPSA) is 120 Å². The molecule has 2 rings (SSSR count). The van der Waals surface area contributed by atoms with Gasteiger partial charge in [-0.25, -0.2) is 16.8 Å². The number of hydrogen-bond donors (Lipinski definition) is 2. The molecule has 0 bridgehead atoms. The van der Waals surface area contributed by atoms with Crippen LogP contribution >= 0.6 is 21.4 Å². The average molecular weight is 431 g/mol. The number of nitrogens with two attached hydrogens (primary N) is 2. The Balaban J connectivity index is 0.000000324. The minimum atomic E-state index is -4.01. The minimum Gasteiger partial charge on any atom is -0.328 e. The Morgan fingerprint density at radius 1 is 0.800 bits per heavy atom. The molecule has 0 aliphatic heterocycles. The van der Waals surface area contributed by atoms with Gasteiger partial charge in [-0.2, -0.15) is 0 Å². The van der Waals surface area contributed by atoms with Gasteiger partial charge in [0.05, 0.1) is 9.79 Å².